The molecular formula is C9H13N5. The van der Waals surface area contributed by atoms with E-state index < -0.39 is 0 Å². The fourth-order valence-corrected chi connectivity index (χ4v) is 1.57. The van der Waals surface area contributed by atoms with Crippen molar-refractivity contribution in [1.82, 2.24) is 15.1 Å². The lowest BCUT2D eigenvalue weighted by Crippen LogP contribution is -2.46. The Morgan fingerprint density at radius 1 is 1.43 bits per heavy atom. The summed E-state index contributed by atoms with van der Waals surface area (Å²) in [4.78, 5) is 8.08. The molecule has 5 nitrogen and oxygen atoms in total. The van der Waals surface area contributed by atoms with Gasteiger partial charge in [0.15, 0.2) is 6.19 Å². The molecule has 0 radical (unpaired) electrons. The smallest absolute Gasteiger partial charge is 0.185 e. The normalized spacial score (nSPS) is 21.8. The second-order valence-corrected chi connectivity index (χ2v) is 3.28. The number of amidine groups is 1. The minimum atomic E-state index is 0.451. The summed E-state index contributed by atoms with van der Waals surface area (Å²) < 4.78 is 0. The van der Waals surface area contributed by atoms with E-state index >= 15 is 0 Å². The first-order valence-electron chi connectivity index (χ1n) is 4.75. The predicted molar refractivity (Wildman–Crippen MR) is 53.3 cm³/mol. The summed E-state index contributed by atoms with van der Waals surface area (Å²) in [5.74, 6) is 0.998. The van der Waals surface area contributed by atoms with Gasteiger partial charge in [-0.15, -0.1) is 0 Å². The van der Waals surface area contributed by atoms with Gasteiger partial charge in [-0.05, 0) is 6.08 Å². The second-order valence-electron chi connectivity index (χ2n) is 3.28. The van der Waals surface area contributed by atoms with Crippen LogP contribution in [0.25, 0.3) is 0 Å². The fourth-order valence-electron chi connectivity index (χ4n) is 1.57. The van der Waals surface area contributed by atoms with Crippen LogP contribution in [0.2, 0.25) is 0 Å². The Morgan fingerprint density at radius 2 is 2.21 bits per heavy atom. The average Bonchev–Trinajstić information content (AvgIpc) is 2.30. The van der Waals surface area contributed by atoms with Crippen LogP contribution in [-0.2, 0) is 0 Å². The zero-order chi connectivity index (χ0) is 9.80. The molecule has 1 N–H and O–H groups in total. The quantitative estimate of drug-likeness (QED) is 0.527. The van der Waals surface area contributed by atoms with Crippen molar-refractivity contribution in [2.75, 3.05) is 32.8 Å². The number of piperazine rings is 1. The Kier molecular flexibility index (Phi) is 2.65. The third-order valence-electron chi connectivity index (χ3n) is 2.36. The van der Waals surface area contributed by atoms with E-state index in [2.05, 4.69) is 15.2 Å². The van der Waals surface area contributed by atoms with Crippen molar-refractivity contribution < 1.29 is 0 Å². The summed E-state index contributed by atoms with van der Waals surface area (Å²) in [6.45, 7) is 4.46. The summed E-state index contributed by atoms with van der Waals surface area (Å²) in [7, 11) is 0. The molecule has 0 amide bonds. The van der Waals surface area contributed by atoms with Crippen molar-refractivity contribution in [3.8, 4) is 6.19 Å². The number of hydrogen-bond acceptors (Lipinski definition) is 5. The van der Waals surface area contributed by atoms with E-state index in [0.717, 1.165) is 32.0 Å². The molecule has 2 heterocycles. The maximum atomic E-state index is 8.62. The molecule has 2 aliphatic rings. The topological polar surface area (TPSA) is 54.7 Å². The van der Waals surface area contributed by atoms with Crippen LogP contribution in [0.4, 0.5) is 0 Å². The Bertz CT molecular complexity index is 295. The average molecular weight is 191 g/mol. The molecule has 0 aromatic heterocycles. The molecule has 0 aromatic rings. The number of hydrogen-bond donors (Lipinski definition) is 1. The lowest BCUT2D eigenvalue weighted by molar-refractivity contribution is 0.354. The van der Waals surface area contributed by atoms with Crippen LogP contribution in [0, 0.1) is 11.5 Å². The maximum Gasteiger partial charge on any atom is 0.185 e. The molecule has 1 saturated heterocycles. The second kappa shape index (κ2) is 4.11. The Hall–Kier alpha value is -1.54. The predicted octanol–water partition coefficient (Wildman–Crippen LogP) is -0.442. The minimum absolute atomic E-state index is 0.451. The van der Waals surface area contributed by atoms with E-state index in [1.807, 2.05) is 12.3 Å². The zero-order valence-electron chi connectivity index (χ0n) is 7.98. The third kappa shape index (κ3) is 1.86. The highest BCUT2D eigenvalue weighted by Gasteiger charge is 2.14. The molecule has 74 valence electrons. The molecule has 14 heavy (non-hydrogen) atoms. The van der Waals surface area contributed by atoms with Crippen molar-refractivity contribution in [2.24, 2.45) is 4.99 Å². The van der Waals surface area contributed by atoms with Crippen molar-refractivity contribution in [3.05, 3.63) is 12.3 Å². The number of aliphatic imine (C=N–C) groups is 1. The van der Waals surface area contributed by atoms with Crippen LogP contribution in [0.3, 0.4) is 0 Å². The van der Waals surface area contributed by atoms with Crippen LogP contribution in [-0.4, -0.2) is 48.5 Å². The standard InChI is InChI=1S/C9H13N5/c10-7-13-4-1-9(12-8-13)14-5-2-11-3-6-14/h1,4,11H,2-3,5-6,8H2. The van der Waals surface area contributed by atoms with Crippen molar-refractivity contribution >= 4 is 5.84 Å². The van der Waals surface area contributed by atoms with Gasteiger partial charge in [-0.2, -0.15) is 5.26 Å². The molecule has 0 aliphatic carbocycles. The summed E-state index contributed by atoms with van der Waals surface area (Å²) in [5.41, 5.74) is 0. The first kappa shape index (κ1) is 9.03. The Balaban J connectivity index is 1.97. The van der Waals surface area contributed by atoms with Crippen LogP contribution in [0.5, 0.6) is 0 Å². The molecule has 0 unspecified atom stereocenters. The molecule has 5 heteroatoms. The van der Waals surface area contributed by atoms with Crippen LogP contribution in [0.15, 0.2) is 17.3 Å². The third-order valence-corrected chi connectivity index (χ3v) is 2.36. The van der Waals surface area contributed by atoms with Crippen molar-refractivity contribution in [2.45, 2.75) is 0 Å². The van der Waals surface area contributed by atoms with Gasteiger partial charge < -0.3 is 10.2 Å². The van der Waals surface area contributed by atoms with Gasteiger partial charge in [0.25, 0.3) is 0 Å². The first-order valence-corrected chi connectivity index (χ1v) is 4.75. The van der Waals surface area contributed by atoms with E-state index in [1.165, 1.54) is 4.90 Å². The summed E-state index contributed by atoms with van der Waals surface area (Å²) in [6, 6.07) is 0. The van der Waals surface area contributed by atoms with Gasteiger partial charge in [-0.3, -0.25) is 4.90 Å². The highest BCUT2D eigenvalue weighted by atomic mass is 15.3. The summed E-state index contributed by atoms with van der Waals surface area (Å²) >= 11 is 0. The molecule has 2 aliphatic heterocycles. The molecule has 1 fully saturated rings. The number of rotatable bonds is 0. The van der Waals surface area contributed by atoms with Gasteiger partial charge in [0.1, 0.15) is 12.5 Å². The monoisotopic (exact) mass is 191 g/mol. The Labute approximate surface area is 83.3 Å². The molecule has 0 saturated carbocycles. The van der Waals surface area contributed by atoms with Gasteiger partial charge >= 0.3 is 0 Å². The van der Waals surface area contributed by atoms with Gasteiger partial charge in [-0.25, -0.2) is 4.99 Å². The molecule has 0 aromatic carbocycles. The van der Waals surface area contributed by atoms with Crippen molar-refractivity contribution in [1.29, 1.82) is 5.26 Å². The first-order chi connectivity index (χ1) is 6.90. The molecule has 0 bridgehead atoms. The van der Waals surface area contributed by atoms with E-state index in [0.29, 0.717) is 6.67 Å². The number of nitrogens with one attached hydrogen (secondary N) is 1. The fraction of sp³-hybridized carbons (Fsp3) is 0.556. The summed E-state index contributed by atoms with van der Waals surface area (Å²) in [6.07, 6.45) is 5.72. The Morgan fingerprint density at radius 3 is 2.79 bits per heavy atom. The van der Waals surface area contributed by atoms with Crippen LogP contribution < -0.4 is 5.32 Å². The number of nitrogens with zero attached hydrogens (tertiary/aromatic N) is 4. The highest BCUT2D eigenvalue weighted by molar-refractivity contribution is 5.93. The summed E-state index contributed by atoms with van der Waals surface area (Å²) in [5, 5.41) is 11.9. The molecular weight excluding hydrogens is 178 g/mol. The van der Waals surface area contributed by atoms with Crippen LogP contribution >= 0.6 is 0 Å². The van der Waals surface area contributed by atoms with Crippen molar-refractivity contribution in [3.63, 3.8) is 0 Å². The lowest BCUT2D eigenvalue weighted by Gasteiger charge is -2.30. The number of nitriles is 1. The van der Waals surface area contributed by atoms with Gasteiger partial charge in [0.05, 0.1) is 0 Å². The van der Waals surface area contributed by atoms with Gasteiger partial charge in [-0.1, -0.05) is 0 Å². The van der Waals surface area contributed by atoms with E-state index in [1.54, 1.807) is 6.20 Å². The van der Waals surface area contributed by atoms with Gasteiger partial charge in [0, 0.05) is 32.4 Å². The van der Waals surface area contributed by atoms with Gasteiger partial charge in [0.2, 0.25) is 0 Å². The van der Waals surface area contributed by atoms with E-state index in [-0.39, 0.29) is 0 Å². The largest absolute Gasteiger partial charge is 0.354 e. The molecule has 0 atom stereocenters. The SMILES string of the molecule is N#CN1C=CC(N2CCNCC2)=NC1. The molecule has 0 spiro atoms. The maximum absolute atomic E-state index is 8.62. The van der Waals surface area contributed by atoms with Crippen LogP contribution in [0.1, 0.15) is 0 Å². The highest BCUT2D eigenvalue weighted by Crippen LogP contribution is 2.03. The van der Waals surface area contributed by atoms with E-state index in [9.17, 15) is 0 Å². The lowest BCUT2D eigenvalue weighted by atomic mass is 10.3. The molecule has 2 rings (SSSR count). The minimum Gasteiger partial charge on any atom is -0.354 e. The van der Waals surface area contributed by atoms with E-state index in [4.69, 9.17) is 5.26 Å². The zero-order valence-corrected chi connectivity index (χ0v) is 7.98.